The van der Waals surface area contributed by atoms with Crippen LogP contribution in [-0.4, -0.2) is 15.2 Å². The molecule has 0 radical (unpaired) electrons. The van der Waals surface area contributed by atoms with Crippen molar-refractivity contribution in [2.45, 2.75) is 18.9 Å². The maximum absolute atomic E-state index is 6.20. The van der Waals surface area contributed by atoms with Crippen LogP contribution in [0.15, 0.2) is 60.7 Å². The Morgan fingerprint density at radius 3 is 2.33 bits per heavy atom. The van der Waals surface area contributed by atoms with Crippen LogP contribution in [0.3, 0.4) is 0 Å². The van der Waals surface area contributed by atoms with Crippen LogP contribution < -0.4 is 5.73 Å². The second-order valence-electron chi connectivity index (χ2n) is 5.03. The topological polar surface area (TPSA) is 67.6 Å². The number of nitrogens with zero attached hydrogens (tertiary/aromatic N) is 2. The van der Waals surface area contributed by atoms with Gasteiger partial charge >= 0.3 is 0 Å². The van der Waals surface area contributed by atoms with E-state index in [9.17, 15) is 0 Å². The fourth-order valence-corrected chi connectivity index (χ4v) is 2.28. The third kappa shape index (κ3) is 3.35. The van der Waals surface area contributed by atoms with Gasteiger partial charge < -0.3 is 5.73 Å². The van der Waals surface area contributed by atoms with Gasteiger partial charge in [0.1, 0.15) is 5.82 Å². The summed E-state index contributed by atoms with van der Waals surface area (Å²) in [6.45, 7) is 0. The minimum atomic E-state index is 0.0245. The number of aromatic nitrogens is 3. The average Bonchev–Trinajstić information content (AvgIpc) is 3.03. The summed E-state index contributed by atoms with van der Waals surface area (Å²) in [6, 6.07) is 20.1. The summed E-state index contributed by atoms with van der Waals surface area (Å²) in [7, 11) is 0. The van der Waals surface area contributed by atoms with Crippen molar-refractivity contribution in [3.8, 4) is 11.4 Å². The standard InChI is InChI=1S/C17H18N4/c18-15(13-7-3-1-4-8-13)11-12-16-19-17(21-20-16)14-9-5-2-6-10-14/h1-10,15H,11-12,18H2,(H,19,20,21). The highest BCUT2D eigenvalue weighted by molar-refractivity contribution is 5.53. The molecule has 1 unspecified atom stereocenters. The summed E-state index contributed by atoms with van der Waals surface area (Å²) in [5, 5.41) is 7.25. The van der Waals surface area contributed by atoms with Crippen LogP contribution in [0.5, 0.6) is 0 Å². The molecule has 0 amide bonds. The van der Waals surface area contributed by atoms with Gasteiger partial charge in [0.25, 0.3) is 0 Å². The first-order valence-electron chi connectivity index (χ1n) is 7.10. The smallest absolute Gasteiger partial charge is 0.181 e. The largest absolute Gasteiger partial charge is 0.324 e. The fraction of sp³-hybridized carbons (Fsp3) is 0.176. The molecule has 0 saturated heterocycles. The summed E-state index contributed by atoms with van der Waals surface area (Å²) in [4.78, 5) is 4.52. The normalized spacial score (nSPS) is 12.2. The molecule has 0 spiro atoms. The molecule has 0 fully saturated rings. The van der Waals surface area contributed by atoms with Gasteiger partial charge in [-0.1, -0.05) is 60.7 Å². The Morgan fingerprint density at radius 2 is 1.62 bits per heavy atom. The summed E-state index contributed by atoms with van der Waals surface area (Å²) < 4.78 is 0. The molecule has 3 N–H and O–H groups in total. The minimum Gasteiger partial charge on any atom is -0.324 e. The van der Waals surface area contributed by atoms with Gasteiger partial charge in [0.15, 0.2) is 5.82 Å². The number of rotatable bonds is 5. The quantitative estimate of drug-likeness (QED) is 0.753. The molecule has 0 bridgehead atoms. The number of nitrogens with one attached hydrogen (secondary N) is 1. The molecule has 1 atom stereocenters. The van der Waals surface area contributed by atoms with Crippen molar-refractivity contribution < 1.29 is 0 Å². The van der Waals surface area contributed by atoms with Crippen LogP contribution in [0.4, 0.5) is 0 Å². The van der Waals surface area contributed by atoms with Gasteiger partial charge in [-0.25, -0.2) is 4.98 Å². The highest BCUT2D eigenvalue weighted by Gasteiger charge is 2.09. The number of nitrogens with two attached hydrogens (primary N) is 1. The van der Waals surface area contributed by atoms with Crippen molar-refractivity contribution in [2.24, 2.45) is 5.73 Å². The number of H-pyrrole nitrogens is 1. The van der Waals surface area contributed by atoms with E-state index < -0.39 is 0 Å². The molecular weight excluding hydrogens is 260 g/mol. The molecule has 0 aliphatic rings. The van der Waals surface area contributed by atoms with Crippen LogP contribution in [-0.2, 0) is 6.42 Å². The third-order valence-corrected chi connectivity index (χ3v) is 3.48. The molecule has 21 heavy (non-hydrogen) atoms. The molecule has 0 aliphatic heterocycles. The average molecular weight is 278 g/mol. The maximum atomic E-state index is 6.20. The summed E-state index contributed by atoms with van der Waals surface area (Å²) >= 11 is 0. The van der Waals surface area contributed by atoms with Crippen molar-refractivity contribution in [1.29, 1.82) is 0 Å². The van der Waals surface area contributed by atoms with Gasteiger partial charge in [-0.3, -0.25) is 5.10 Å². The SMILES string of the molecule is NC(CCc1nc(-c2ccccc2)n[nH]1)c1ccccc1. The Labute approximate surface area is 124 Å². The molecule has 3 aromatic rings. The predicted octanol–water partition coefficient (Wildman–Crippen LogP) is 3.10. The van der Waals surface area contributed by atoms with Gasteiger partial charge in [-0.05, 0) is 12.0 Å². The lowest BCUT2D eigenvalue weighted by Crippen LogP contribution is -2.11. The number of hydrogen-bond donors (Lipinski definition) is 2. The Morgan fingerprint density at radius 1 is 0.952 bits per heavy atom. The zero-order valence-corrected chi connectivity index (χ0v) is 11.7. The third-order valence-electron chi connectivity index (χ3n) is 3.48. The highest BCUT2D eigenvalue weighted by atomic mass is 15.2. The van der Waals surface area contributed by atoms with Crippen molar-refractivity contribution in [2.75, 3.05) is 0 Å². The first-order chi connectivity index (χ1) is 10.3. The maximum Gasteiger partial charge on any atom is 0.181 e. The van der Waals surface area contributed by atoms with Crippen LogP contribution in [0.2, 0.25) is 0 Å². The minimum absolute atomic E-state index is 0.0245. The lowest BCUT2D eigenvalue weighted by Gasteiger charge is -2.10. The Bertz CT molecular complexity index is 676. The first-order valence-corrected chi connectivity index (χ1v) is 7.10. The fourth-order valence-electron chi connectivity index (χ4n) is 2.28. The molecule has 1 aromatic heterocycles. The Kier molecular flexibility index (Phi) is 4.07. The van der Waals surface area contributed by atoms with Crippen molar-refractivity contribution in [1.82, 2.24) is 15.2 Å². The molecule has 3 rings (SSSR count). The molecule has 0 saturated carbocycles. The molecule has 1 heterocycles. The molecule has 0 aliphatic carbocycles. The highest BCUT2D eigenvalue weighted by Crippen LogP contribution is 2.17. The number of hydrogen-bond acceptors (Lipinski definition) is 3. The first kappa shape index (κ1) is 13.5. The van der Waals surface area contributed by atoms with Gasteiger partial charge in [0.05, 0.1) is 0 Å². The van der Waals surface area contributed by atoms with Crippen molar-refractivity contribution >= 4 is 0 Å². The molecule has 106 valence electrons. The lowest BCUT2D eigenvalue weighted by atomic mass is 10.0. The molecule has 2 aromatic carbocycles. The Balaban J connectivity index is 1.63. The van der Waals surface area contributed by atoms with E-state index in [1.54, 1.807) is 0 Å². The predicted molar refractivity (Wildman–Crippen MR) is 83.5 cm³/mol. The number of aromatic amines is 1. The second-order valence-corrected chi connectivity index (χ2v) is 5.03. The van der Waals surface area contributed by atoms with Crippen LogP contribution in [0.25, 0.3) is 11.4 Å². The Hall–Kier alpha value is -2.46. The summed E-state index contributed by atoms with van der Waals surface area (Å²) in [5.74, 6) is 1.61. The van der Waals surface area contributed by atoms with E-state index in [-0.39, 0.29) is 6.04 Å². The van der Waals surface area contributed by atoms with Crippen molar-refractivity contribution in [3.63, 3.8) is 0 Å². The van der Waals surface area contributed by atoms with Crippen LogP contribution >= 0.6 is 0 Å². The number of aryl methyl sites for hydroxylation is 1. The van der Waals surface area contributed by atoms with Gasteiger partial charge in [0, 0.05) is 18.0 Å². The lowest BCUT2D eigenvalue weighted by molar-refractivity contribution is 0.636. The van der Waals surface area contributed by atoms with Crippen LogP contribution in [0, 0.1) is 0 Å². The van der Waals surface area contributed by atoms with Crippen molar-refractivity contribution in [3.05, 3.63) is 72.1 Å². The number of benzene rings is 2. The van der Waals surface area contributed by atoms with E-state index in [1.807, 2.05) is 48.5 Å². The van der Waals surface area contributed by atoms with E-state index in [0.29, 0.717) is 0 Å². The summed E-state index contributed by atoms with van der Waals surface area (Å²) in [6.07, 6.45) is 1.63. The van der Waals surface area contributed by atoms with E-state index in [1.165, 1.54) is 0 Å². The second kappa shape index (κ2) is 6.33. The van der Waals surface area contributed by atoms with E-state index in [2.05, 4.69) is 27.3 Å². The zero-order valence-electron chi connectivity index (χ0n) is 11.7. The monoisotopic (exact) mass is 278 g/mol. The molecule has 4 nitrogen and oxygen atoms in total. The molecular formula is C17H18N4. The zero-order chi connectivity index (χ0) is 14.5. The van der Waals surface area contributed by atoms with Gasteiger partial charge in [-0.2, -0.15) is 5.10 Å². The van der Waals surface area contributed by atoms with Gasteiger partial charge in [-0.15, -0.1) is 0 Å². The van der Waals surface area contributed by atoms with Gasteiger partial charge in [0.2, 0.25) is 0 Å². The van der Waals surface area contributed by atoms with E-state index in [4.69, 9.17) is 5.73 Å². The van der Waals surface area contributed by atoms with E-state index >= 15 is 0 Å². The van der Waals surface area contributed by atoms with E-state index in [0.717, 1.165) is 35.6 Å². The molecule has 4 heteroatoms. The summed E-state index contributed by atoms with van der Waals surface area (Å²) in [5.41, 5.74) is 8.37. The van der Waals surface area contributed by atoms with Crippen LogP contribution in [0.1, 0.15) is 23.9 Å².